The zero-order valence-electron chi connectivity index (χ0n) is 13.4. The van der Waals surface area contributed by atoms with E-state index in [1.54, 1.807) is 30.3 Å². The monoisotopic (exact) mass is 434 g/mol. The van der Waals surface area contributed by atoms with Crippen molar-refractivity contribution in [1.29, 1.82) is 0 Å². The zero-order chi connectivity index (χ0) is 19.3. The van der Waals surface area contributed by atoms with Crippen LogP contribution in [0.4, 0.5) is 5.82 Å². The van der Waals surface area contributed by atoms with Crippen molar-refractivity contribution in [3.63, 3.8) is 0 Å². The topological polar surface area (TPSA) is 85.4 Å². The highest BCUT2D eigenvalue weighted by Gasteiger charge is 2.25. The van der Waals surface area contributed by atoms with Gasteiger partial charge in [-0.3, -0.25) is 4.79 Å². The lowest BCUT2D eigenvalue weighted by molar-refractivity contribution is -0.112. The van der Waals surface area contributed by atoms with Gasteiger partial charge in [-0.2, -0.15) is 4.98 Å². The molecule has 0 saturated carbocycles. The summed E-state index contributed by atoms with van der Waals surface area (Å²) in [5, 5.41) is 1.94. The average Bonchev–Trinajstić information content (AvgIpc) is 2.62. The second-order valence-corrected chi connectivity index (χ2v) is 8.27. The van der Waals surface area contributed by atoms with Gasteiger partial charge in [0.15, 0.2) is 14.2 Å². The predicted molar refractivity (Wildman–Crippen MR) is 102 cm³/mol. The summed E-state index contributed by atoms with van der Waals surface area (Å²) in [6.07, 6.45) is 0. The fraction of sp³-hybridized carbons (Fsp3) is 0.125. The van der Waals surface area contributed by atoms with Gasteiger partial charge in [0, 0.05) is 11.1 Å². The molecule has 26 heavy (non-hydrogen) atoms. The molecule has 0 aliphatic rings. The Hall–Kier alpha value is -1.80. The van der Waals surface area contributed by atoms with Gasteiger partial charge in [0.25, 0.3) is 5.91 Å². The lowest BCUT2D eigenvalue weighted by Crippen LogP contribution is -2.16. The molecule has 0 aliphatic carbocycles. The molecule has 1 amide bonds. The van der Waals surface area contributed by atoms with E-state index in [-0.39, 0.29) is 16.7 Å². The molecule has 2 aromatic rings. The molecule has 138 valence electrons. The molecule has 0 fully saturated rings. The summed E-state index contributed by atoms with van der Waals surface area (Å²) in [5.41, 5.74) is 0.339. The Kier molecular flexibility index (Phi) is 6.88. The second-order valence-electron chi connectivity index (χ2n) is 4.96. The average molecular weight is 436 g/mol. The van der Waals surface area contributed by atoms with Crippen molar-refractivity contribution in [2.75, 3.05) is 12.4 Å². The first-order valence-electron chi connectivity index (χ1n) is 7.08. The fourth-order valence-corrected chi connectivity index (χ4v) is 3.96. The second kappa shape index (κ2) is 8.73. The SMILES string of the molecule is COc1cccc(NC(=O)/C(Cl)=C(/Cl)S(=O)(=O)Cc2ccccc2Cl)n1. The zero-order valence-corrected chi connectivity index (χ0v) is 16.5. The number of carbonyl (C=O) groups is 1. The number of nitrogens with one attached hydrogen (secondary N) is 1. The number of hydrogen-bond donors (Lipinski definition) is 1. The molecule has 0 radical (unpaired) electrons. The third kappa shape index (κ3) is 5.11. The minimum Gasteiger partial charge on any atom is -0.481 e. The molecule has 1 aromatic carbocycles. The van der Waals surface area contributed by atoms with E-state index >= 15 is 0 Å². The summed E-state index contributed by atoms with van der Waals surface area (Å²) in [4.78, 5) is 16.1. The summed E-state index contributed by atoms with van der Waals surface area (Å²) in [7, 11) is -2.65. The van der Waals surface area contributed by atoms with Crippen LogP contribution in [0, 0.1) is 0 Å². The number of pyridine rings is 1. The Labute approximate surface area is 165 Å². The van der Waals surface area contributed by atoms with Crippen LogP contribution in [-0.2, 0) is 20.4 Å². The fourth-order valence-electron chi connectivity index (χ4n) is 1.88. The number of halogens is 3. The Morgan fingerprint density at radius 2 is 1.85 bits per heavy atom. The normalized spacial score (nSPS) is 12.3. The van der Waals surface area contributed by atoms with Gasteiger partial charge in [-0.25, -0.2) is 8.42 Å². The van der Waals surface area contributed by atoms with Crippen molar-refractivity contribution in [2.24, 2.45) is 0 Å². The van der Waals surface area contributed by atoms with Crippen LogP contribution < -0.4 is 10.1 Å². The quantitative estimate of drug-likeness (QED) is 0.695. The maximum Gasteiger partial charge on any atom is 0.270 e. The van der Waals surface area contributed by atoms with Crippen molar-refractivity contribution in [2.45, 2.75) is 5.75 Å². The van der Waals surface area contributed by atoms with Crippen LogP contribution in [0.1, 0.15) is 5.56 Å². The summed E-state index contributed by atoms with van der Waals surface area (Å²) in [5.74, 6) is -1.02. The molecule has 1 heterocycles. The highest BCUT2D eigenvalue weighted by Crippen LogP contribution is 2.27. The van der Waals surface area contributed by atoms with Gasteiger partial charge in [-0.15, -0.1) is 0 Å². The summed E-state index contributed by atoms with van der Waals surface area (Å²) < 4.78 is 29.0. The first-order chi connectivity index (χ1) is 12.2. The summed E-state index contributed by atoms with van der Waals surface area (Å²) in [6.45, 7) is 0. The van der Waals surface area contributed by atoms with E-state index in [0.717, 1.165) is 0 Å². The number of amides is 1. The van der Waals surface area contributed by atoms with Crippen molar-refractivity contribution >= 4 is 56.4 Å². The van der Waals surface area contributed by atoms with Crippen LogP contribution in [0.3, 0.4) is 0 Å². The highest BCUT2D eigenvalue weighted by molar-refractivity contribution is 7.96. The maximum absolute atomic E-state index is 12.4. The maximum atomic E-state index is 12.4. The number of anilines is 1. The van der Waals surface area contributed by atoms with Crippen LogP contribution in [0.15, 0.2) is 51.9 Å². The number of ether oxygens (including phenoxy) is 1. The van der Waals surface area contributed by atoms with Crippen LogP contribution in [0.25, 0.3) is 0 Å². The van der Waals surface area contributed by atoms with Crippen LogP contribution >= 0.6 is 34.8 Å². The van der Waals surface area contributed by atoms with E-state index in [9.17, 15) is 13.2 Å². The largest absolute Gasteiger partial charge is 0.481 e. The molecular formula is C16H13Cl3N2O4S. The number of benzene rings is 1. The molecule has 0 unspecified atom stereocenters. The molecule has 10 heteroatoms. The minimum absolute atomic E-state index is 0.125. The smallest absolute Gasteiger partial charge is 0.270 e. The van der Waals surface area contributed by atoms with E-state index in [4.69, 9.17) is 39.5 Å². The number of aromatic nitrogens is 1. The number of sulfone groups is 1. The lowest BCUT2D eigenvalue weighted by atomic mass is 10.2. The Bertz CT molecular complexity index is 961. The lowest BCUT2D eigenvalue weighted by Gasteiger charge is -2.08. The molecule has 0 atom stereocenters. The highest BCUT2D eigenvalue weighted by atomic mass is 35.5. The van der Waals surface area contributed by atoms with Gasteiger partial charge >= 0.3 is 0 Å². The van der Waals surface area contributed by atoms with Crippen LogP contribution in [0.5, 0.6) is 5.88 Å². The molecule has 0 aliphatic heterocycles. The summed E-state index contributed by atoms with van der Waals surface area (Å²) in [6, 6.07) is 11.0. The van der Waals surface area contributed by atoms with Gasteiger partial charge in [0.05, 0.1) is 12.9 Å². The van der Waals surface area contributed by atoms with Gasteiger partial charge < -0.3 is 10.1 Å². The van der Waals surface area contributed by atoms with Crippen LogP contribution in [0.2, 0.25) is 5.02 Å². The van der Waals surface area contributed by atoms with Gasteiger partial charge in [0.1, 0.15) is 10.9 Å². The van der Waals surface area contributed by atoms with Crippen LogP contribution in [-0.4, -0.2) is 26.4 Å². The number of nitrogens with zero attached hydrogens (tertiary/aromatic N) is 1. The first kappa shape index (κ1) is 20.5. The van der Waals surface area contributed by atoms with E-state index in [2.05, 4.69) is 10.3 Å². The molecule has 0 bridgehead atoms. The van der Waals surface area contributed by atoms with E-state index < -0.39 is 30.9 Å². The third-order valence-electron chi connectivity index (χ3n) is 3.12. The van der Waals surface area contributed by atoms with Crippen molar-refractivity contribution in [1.82, 2.24) is 4.98 Å². The van der Waals surface area contributed by atoms with E-state index in [0.29, 0.717) is 5.56 Å². The van der Waals surface area contributed by atoms with Gasteiger partial charge in [0.2, 0.25) is 5.88 Å². The molecule has 6 nitrogen and oxygen atoms in total. The number of rotatable bonds is 6. The number of hydrogen-bond acceptors (Lipinski definition) is 5. The molecule has 2 rings (SSSR count). The predicted octanol–water partition coefficient (Wildman–Crippen LogP) is 3.94. The Balaban J connectivity index is 2.23. The van der Waals surface area contributed by atoms with Crippen molar-refractivity contribution in [3.8, 4) is 5.88 Å². The number of carbonyl (C=O) groups excluding carboxylic acids is 1. The van der Waals surface area contributed by atoms with E-state index in [1.807, 2.05) is 0 Å². The van der Waals surface area contributed by atoms with Crippen molar-refractivity contribution < 1.29 is 17.9 Å². The molecular weight excluding hydrogens is 423 g/mol. The Morgan fingerprint density at radius 3 is 2.50 bits per heavy atom. The first-order valence-corrected chi connectivity index (χ1v) is 9.87. The summed E-state index contributed by atoms with van der Waals surface area (Å²) >= 11 is 17.7. The number of methoxy groups -OCH3 is 1. The molecule has 1 N–H and O–H groups in total. The van der Waals surface area contributed by atoms with Gasteiger partial charge in [-0.05, 0) is 17.7 Å². The van der Waals surface area contributed by atoms with E-state index in [1.165, 1.54) is 19.2 Å². The Morgan fingerprint density at radius 1 is 1.15 bits per heavy atom. The minimum atomic E-state index is -4.06. The standard InChI is InChI=1S/C16H13Cl3N2O4S/c1-25-13-8-4-7-12(20-13)21-16(22)14(18)15(19)26(23,24)9-10-5-2-3-6-11(10)17/h2-8H,9H2,1H3,(H,20,21,22)/b15-14+. The third-order valence-corrected chi connectivity index (χ3v) is 6.40. The van der Waals surface area contributed by atoms with Crippen molar-refractivity contribution in [3.05, 3.63) is 62.4 Å². The van der Waals surface area contributed by atoms with Gasteiger partial charge in [-0.1, -0.05) is 59.1 Å². The molecule has 0 saturated heterocycles. The molecule has 0 spiro atoms. The molecule has 1 aromatic heterocycles.